The van der Waals surface area contributed by atoms with Gasteiger partial charge in [-0.25, -0.2) is 8.42 Å². The zero-order valence-corrected chi connectivity index (χ0v) is 10.3. The third-order valence-corrected chi connectivity index (χ3v) is 4.32. The Bertz CT molecular complexity index is 438. The number of nitrogens with one attached hydrogen (secondary N) is 1. The van der Waals surface area contributed by atoms with Gasteiger partial charge in [0.05, 0.1) is 5.75 Å². The average Bonchev–Trinajstić information content (AvgIpc) is 2.66. The van der Waals surface area contributed by atoms with Gasteiger partial charge in [-0.1, -0.05) is 13.0 Å². The molecule has 0 saturated carbocycles. The third-order valence-electron chi connectivity index (χ3n) is 1.84. The maximum absolute atomic E-state index is 11.5. The maximum Gasteiger partial charge on any atom is 0.327 e. The highest BCUT2D eigenvalue weighted by molar-refractivity contribution is 7.89. The van der Waals surface area contributed by atoms with Gasteiger partial charge in [-0.05, 0) is 17.9 Å². The highest BCUT2D eigenvalue weighted by atomic mass is 32.2. The van der Waals surface area contributed by atoms with Gasteiger partial charge in [0.15, 0.2) is 6.04 Å². The normalized spacial score (nSPS) is 13.6. The Balaban J connectivity index is 2.86. The van der Waals surface area contributed by atoms with Crippen molar-refractivity contribution in [3.63, 3.8) is 0 Å². The van der Waals surface area contributed by atoms with Crippen LogP contribution in [0.25, 0.3) is 0 Å². The number of carboxylic acids is 1. The second-order valence-electron chi connectivity index (χ2n) is 3.22. The molecule has 0 amide bonds. The Morgan fingerprint density at radius 1 is 1.62 bits per heavy atom. The predicted molar refractivity (Wildman–Crippen MR) is 61.9 cm³/mol. The molecule has 0 aliphatic carbocycles. The molecular formula is C9H13NO4S2. The highest BCUT2D eigenvalue weighted by Crippen LogP contribution is 2.20. The zero-order valence-electron chi connectivity index (χ0n) is 8.71. The van der Waals surface area contributed by atoms with Crippen molar-refractivity contribution >= 4 is 27.3 Å². The molecule has 1 rings (SSSR count). The van der Waals surface area contributed by atoms with Crippen LogP contribution in [0.5, 0.6) is 0 Å². The number of sulfonamides is 1. The first kappa shape index (κ1) is 13.1. The van der Waals surface area contributed by atoms with E-state index in [9.17, 15) is 13.2 Å². The van der Waals surface area contributed by atoms with Gasteiger partial charge in [0.25, 0.3) is 0 Å². The molecule has 0 fully saturated rings. The van der Waals surface area contributed by atoms with Gasteiger partial charge >= 0.3 is 5.97 Å². The van der Waals surface area contributed by atoms with E-state index in [0.29, 0.717) is 11.3 Å². The summed E-state index contributed by atoms with van der Waals surface area (Å²) in [5, 5.41) is 10.7. The molecule has 0 spiro atoms. The van der Waals surface area contributed by atoms with Gasteiger partial charge in [0.2, 0.25) is 10.0 Å². The fourth-order valence-corrected chi connectivity index (χ4v) is 3.28. The van der Waals surface area contributed by atoms with Gasteiger partial charge < -0.3 is 5.11 Å². The first-order chi connectivity index (χ1) is 7.46. The van der Waals surface area contributed by atoms with E-state index in [2.05, 4.69) is 4.72 Å². The molecule has 1 atom stereocenters. The van der Waals surface area contributed by atoms with Crippen LogP contribution in [0, 0.1) is 0 Å². The third kappa shape index (κ3) is 3.58. The average molecular weight is 263 g/mol. The van der Waals surface area contributed by atoms with E-state index in [1.54, 1.807) is 24.4 Å². The van der Waals surface area contributed by atoms with Crippen molar-refractivity contribution < 1.29 is 18.3 Å². The number of carboxylic acid groups (broad SMARTS) is 1. The number of hydrogen-bond acceptors (Lipinski definition) is 4. The van der Waals surface area contributed by atoms with Crippen LogP contribution in [0.2, 0.25) is 0 Å². The van der Waals surface area contributed by atoms with Crippen molar-refractivity contribution in [3.05, 3.63) is 22.4 Å². The number of carbonyl (C=O) groups is 1. The molecule has 0 radical (unpaired) electrons. The first-order valence-electron chi connectivity index (χ1n) is 4.72. The summed E-state index contributed by atoms with van der Waals surface area (Å²) in [6, 6.07) is 2.10. The van der Waals surface area contributed by atoms with Crippen LogP contribution >= 0.6 is 11.3 Å². The van der Waals surface area contributed by atoms with E-state index in [0.717, 1.165) is 0 Å². The van der Waals surface area contributed by atoms with Gasteiger partial charge in [0.1, 0.15) is 0 Å². The molecule has 5 nitrogen and oxygen atoms in total. The van der Waals surface area contributed by atoms with Crippen LogP contribution in [0.15, 0.2) is 17.5 Å². The first-order valence-corrected chi connectivity index (χ1v) is 7.25. The van der Waals surface area contributed by atoms with Crippen molar-refractivity contribution in [3.8, 4) is 0 Å². The number of thiophene rings is 1. The van der Waals surface area contributed by atoms with Crippen molar-refractivity contribution in [2.45, 2.75) is 19.4 Å². The summed E-state index contributed by atoms with van der Waals surface area (Å²) < 4.78 is 25.1. The molecular weight excluding hydrogens is 250 g/mol. The molecule has 1 aromatic rings. The lowest BCUT2D eigenvalue weighted by atomic mass is 10.3. The largest absolute Gasteiger partial charge is 0.480 e. The van der Waals surface area contributed by atoms with E-state index >= 15 is 0 Å². The molecule has 0 saturated heterocycles. The van der Waals surface area contributed by atoms with Crippen LogP contribution < -0.4 is 4.72 Å². The quantitative estimate of drug-likeness (QED) is 0.808. The molecule has 0 aromatic carbocycles. The van der Waals surface area contributed by atoms with E-state index < -0.39 is 22.0 Å². The second-order valence-corrected chi connectivity index (χ2v) is 6.08. The van der Waals surface area contributed by atoms with Gasteiger partial charge in [-0.15, -0.1) is 11.3 Å². The Kier molecular flexibility index (Phi) is 4.45. The SMILES string of the molecule is CCCS(=O)(=O)NC(C(=O)O)c1cccs1. The van der Waals surface area contributed by atoms with Crippen LogP contribution in [0.3, 0.4) is 0 Å². The summed E-state index contributed by atoms with van der Waals surface area (Å²) in [7, 11) is -3.53. The summed E-state index contributed by atoms with van der Waals surface area (Å²) in [5.74, 6) is -1.26. The fourth-order valence-electron chi connectivity index (χ4n) is 1.19. The van der Waals surface area contributed by atoms with E-state index in [1.807, 2.05) is 0 Å². The zero-order chi connectivity index (χ0) is 12.2. The minimum atomic E-state index is -3.53. The van der Waals surface area contributed by atoms with Gasteiger partial charge in [-0.3, -0.25) is 4.79 Å². The Morgan fingerprint density at radius 2 is 2.31 bits per heavy atom. The lowest BCUT2D eigenvalue weighted by Crippen LogP contribution is -2.34. The number of rotatable bonds is 6. The number of aliphatic carboxylic acids is 1. The van der Waals surface area contributed by atoms with Crippen molar-refractivity contribution in [2.75, 3.05) is 5.75 Å². The lowest BCUT2D eigenvalue weighted by molar-refractivity contribution is -0.139. The van der Waals surface area contributed by atoms with Crippen LogP contribution in [0.1, 0.15) is 24.3 Å². The van der Waals surface area contributed by atoms with E-state index in [4.69, 9.17) is 5.11 Å². The molecule has 0 aliphatic rings. The molecule has 2 N–H and O–H groups in total. The molecule has 90 valence electrons. The molecule has 1 aromatic heterocycles. The van der Waals surface area contributed by atoms with Crippen molar-refractivity contribution in [1.82, 2.24) is 4.72 Å². The summed E-state index contributed by atoms with van der Waals surface area (Å²) in [5.41, 5.74) is 0. The van der Waals surface area contributed by atoms with Crippen LogP contribution in [-0.4, -0.2) is 25.2 Å². The molecule has 0 aliphatic heterocycles. The minimum Gasteiger partial charge on any atom is -0.480 e. The second kappa shape index (κ2) is 5.42. The topological polar surface area (TPSA) is 83.5 Å². The monoisotopic (exact) mass is 263 g/mol. The molecule has 0 bridgehead atoms. The molecule has 7 heteroatoms. The van der Waals surface area contributed by atoms with Crippen LogP contribution in [0.4, 0.5) is 0 Å². The fraction of sp³-hybridized carbons (Fsp3) is 0.444. The summed E-state index contributed by atoms with van der Waals surface area (Å²) in [4.78, 5) is 11.4. The predicted octanol–water partition coefficient (Wildman–Crippen LogP) is 1.20. The molecule has 1 unspecified atom stereocenters. The van der Waals surface area contributed by atoms with Gasteiger partial charge in [-0.2, -0.15) is 4.72 Å². The van der Waals surface area contributed by atoms with Gasteiger partial charge in [0, 0.05) is 4.88 Å². The molecule has 1 heterocycles. The van der Waals surface area contributed by atoms with Crippen LogP contribution in [-0.2, 0) is 14.8 Å². The minimum absolute atomic E-state index is 0.0673. The smallest absolute Gasteiger partial charge is 0.327 e. The number of hydrogen-bond donors (Lipinski definition) is 2. The van der Waals surface area contributed by atoms with Crippen molar-refractivity contribution in [2.24, 2.45) is 0 Å². The summed E-state index contributed by atoms with van der Waals surface area (Å²) in [6.07, 6.45) is 0.451. The Hall–Kier alpha value is -0.920. The molecule has 16 heavy (non-hydrogen) atoms. The maximum atomic E-state index is 11.5. The van der Waals surface area contributed by atoms with E-state index in [1.165, 1.54) is 11.3 Å². The highest BCUT2D eigenvalue weighted by Gasteiger charge is 2.25. The van der Waals surface area contributed by atoms with Crippen molar-refractivity contribution in [1.29, 1.82) is 0 Å². The standard InChI is InChI=1S/C9H13NO4S2/c1-2-6-16(13,14)10-8(9(11)12)7-4-3-5-15-7/h3-5,8,10H,2,6H2,1H3,(H,11,12). The Labute approximate surface area is 98.2 Å². The Morgan fingerprint density at radius 3 is 2.75 bits per heavy atom. The summed E-state index contributed by atoms with van der Waals surface area (Å²) in [6.45, 7) is 1.72. The van der Waals surface area contributed by atoms with E-state index in [-0.39, 0.29) is 5.75 Å². The lowest BCUT2D eigenvalue weighted by Gasteiger charge is -2.12. The summed E-state index contributed by atoms with van der Waals surface area (Å²) >= 11 is 1.21.